The summed E-state index contributed by atoms with van der Waals surface area (Å²) in [6.07, 6.45) is 1.80. The minimum Gasteiger partial charge on any atom is -0.375 e. The second-order valence-electron chi connectivity index (χ2n) is 5.70. The van der Waals surface area contributed by atoms with Crippen molar-refractivity contribution in [3.8, 4) is 0 Å². The number of hydrogen-bond donors (Lipinski definition) is 1. The van der Waals surface area contributed by atoms with Crippen LogP contribution in [0.2, 0.25) is 0 Å². The lowest BCUT2D eigenvalue weighted by atomic mass is 10.1. The van der Waals surface area contributed by atoms with Crippen LogP contribution in [0.25, 0.3) is 0 Å². The van der Waals surface area contributed by atoms with Crippen molar-refractivity contribution in [1.82, 2.24) is 14.8 Å². The predicted molar refractivity (Wildman–Crippen MR) is 88.8 cm³/mol. The van der Waals surface area contributed by atoms with Crippen molar-refractivity contribution >= 4 is 22.4 Å². The zero-order chi connectivity index (χ0) is 16.4. The van der Waals surface area contributed by atoms with Crippen molar-refractivity contribution in [3.05, 3.63) is 46.2 Å². The van der Waals surface area contributed by atoms with Crippen LogP contribution in [0.1, 0.15) is 20.8 Å². The molecule has 23 heavy (non-hydrogen) atoms. The van der Waals surface area contributed by atoms with E-state index in [0.29, 0.717) is 29.3 Å². The highest BCUT2D eigenvalue weighted by atomic mass is 32.1. The molecule has 0 atom stereocenters. The SMILES string of the molecule is Cc1ccc(C(=O)N2CCN(Cc3cnc(N)s3)CC2)cc1F. The fraction of sp³-hybridized carbons (Fsp3) is 0.375. The van der Waals surface area contributed by atoms with E-state index in [0.717, 1.165) is 24.5 Å². The fourth-order valence-corrected chi connectivity index (χ4v) is 3.36. The van der Waals surface area contributed by atoms with Crippen molar-refractivity contribution < 1.29 is 9.18 Å². The maximum Gasteiger partial charge on any atom is 0.254 e. The molecule has 0 saturated carbocycles. The third kappa shape index (κ3) is 3.68. The van der Waals surface area contributed by atoms with Crippen LogP contribution in [0.3, 0.4) is 0 Å². The first kappa shape index (κ1) is 15.9. The van der Waals surface area contributed by atoms with Crippen LogP contribution in [0, 0.1) is 12.7 Å². The second kappa shape index (κ2) is 6.64. The quantitative estimate of drug-likeness (QED) is 0.934. The highest BCUT2D eigenvalue weighted by molar-refractivity contribution is 7.15. The number of nitrogens with zero attached hydrogens (tertiary/aromatic N) is 3. The van der Waals surface area contributed by atoms with Gasteiger partial charge in [-0.3, -0.25) is 9.69 Å². The van der Waals surface area contributed by atoms with E-state index in [1.54, 1.807) is 30.2 Å². The number of aryl methyl sites for hydroxylation is 1. The van der Waals surface area contributed by atoms with Gasteiger partial charge < -0.3 is 10.6 Å². The Kier molecular flexibility index (Phi) is 4.58. The maximum atomic E-state index is 13.6. The van der Waals surface area contributed by atoms with Crippen molar-refractivity contribution in [1.29, 1.82) is 0 Å². The molecule has 2 N–H and O–H groups in total. The molecule has 1 aliphatic heterocycles. The standard InChI is InChI=1S/C16H19FN4OS/c1-11-2-3-12(8-14(11)17)15(22)21-6-4-20(5-7-21)10-13-9-19-16(18)23-13/h2-3,8-9H,4-7,10H2,1H3,(H2,18,19). The van der Waals surface area contributed by atoms with Crippen molar-refractivity contribution in [2.75, 3.05) is 31.9 Å². The summed E-state index contributed by atoms with van der Waals surface area (Å²) < 4.78 is 13.6. The van der Waals surface area contributed by atoms with Crippen LogP contribution in [0.5, 0.6) is 0 Å². The van der Waals surface area contributed by atoms with Gasteiger partial charge in [0.1, 0.15) is 5.82 Å². The molecule has 1 fully saturated rings. The topological polar surface area (TPSA) is 62.5 Å². The van der Waals surface area contributed by atoms with E-state index in [4.69, 9.17) is 5.73 Å². The number of carbonyl (C=O) groups excluding carboxylic acids is 1. The van der Waals surface area contributed by atoms with Gasteiger partial charge in [0.25, 0.3) is 5.91 Å². The highest BCUT2D eigenvalue weighted by Gasteiger charge is 2.23. The first-order chi connectivity index (χ1) is 11.0. The molecule has 1 aliphatic rings. The van der Waals surface area contributed by atoms with Gasteiger partial charge in [0, 0.05) is 49.4 Å². The molecule has 0 spiro atoms. The summed E-state index contributed by atoms with van der Waals surface area (Å²) in [6.45, 7) is 5.35. The number of rotatable bonds is 3. The average molecular weight is 334 g/mol. The van der Waals surface area contributed by atoms with Gasteiger partial charge in [-0.25, -0.2) is 9.37 Å². The van der Waals surface area contributed by atoms with Crippen LogP contribution < -0.4 is 5.73 Å². The van der Waals surface area contributed by atoms with E-state index in [-0.39, 0.29) is 11.7 Å². The van der Waals surface area contributed by atoms with Gasteiger partial charge in [0.15, 0.2) is 5.13 Å². The molecule has 1 amide bonds. The monoisotopic (exact) mass is 334 g/mol. The van der Waals surface area contributed by atoms with Crippen molar-refractivity contribution in [3.63, 3.8) is 0 Å². The largest absolute Gasteiger partial charge is 0.375 e. The number of anilines is 1. The molecule has 2 heterocycles. The van der Waals surface area contributed by atoms with E-state index in [1.165, 1.54) is 17.4 Å². The van der Waals surface area contributed by atoms with Crippen LogP contribution >= 0.6 is 11.3 Å². The number of aromatic nitrogens is 1. The number of benzene rings is 1. The van der Waals surface area contributed by atoms with E-state index in [9.17, 15) is 9.18 Å². The van der Waals surface area contributed by atoms with Gasteiger partial charge in [-0.1, -0.05) is 6.07 Å². The Labute approximate surface area is 138 Å². The highest BCUT2D eigenvalue weighted by Crippen LogP contribution is 2.18. The lowest BCUT2D eigenvalue weighted by molar-refractivity contribution is 0.0629. The zero-order valence-electron chi connectivity index (χ0n) is 13.0. The van der Waals surface area contributed by atoms with Gasteiger partial charge in [0.2, 0.25) is 0 Å². The Morgan fingerprint density at radius 1 is 1.35 bits per heavy atom. The van der Waals surface area contributed by atoms with Crippen LogP contribution in [-0.4, -0.2) is 46.9 Å². The summed E-state index contributed by atoms with van der Waals surface area (Å²) in [4.78, 5) is 21.7. The molecule has 0 bridgehead atoms. The van der Waals surface area contributed by atoms with E-state index >= 15 is 0 Å². The van der Waals surface area contributed by atoms with Gasteiger partial charge in [0.05, 0.1) is 0 Å². The normalized spacial score (nSPS) is 15.8. The van der Waals surface area contributed by atoms with Gasteiger partial charge in [-0.05, 0) is 24.6 Å². The molecule has 122 valence electrons. The minimum atomic E-state index is -0.336. The summed E-state index contributed by atoms with van der Waals surface area (Å²) in [5.41, 5.74) is 6.60. The zero-order valence-corrected chi connectivity index (χ0v) is 13.8. The second-order valence-corrected chi connectivity index (χ2v) is 6.84. The maximum absolute atomic E-state index is 13.6. The number of nitrogen functional groups attached to an aromatic ring is 1. The third-order valence-electron chi connectivity index (χ3n) is 4.03. The Hall–Kier alpha value is -1.99. The van der Waals surface area contributed by atoms with Crippen LogP contribution in [0.4, 0.5) is 9.52 Å². The smallest absolute Gasteiger partial charge is 0.254 e. The number of hydrogen-bond acceptors (Lipinski definition) is 5. The lowest BCUT2D eigenvalue weighted by Crippen LogP contribution is -2.48. The Morgan fingerprint density at radius 2 is 2.09 bits per heavy atom. The first-order valence-electron chi connectivity index (χ1n) is 7.51. The van der Waals surface area contributed by atoms with Crippen molar-refractivity contribution in [2.45, 2.75) is 13.5 Å². The molecule has 7 heteroatoms. The van der Waals surface area contributed by atoms with Crippen molar-refractivity contribution in [2.24, 2.45) is 0 Å². The molecular formula is C16H19FN4OS. The molecule has 1 aromatic carbocycles. The molecule has 0 radical (unpaired) electrons. The third-order valence-corrected chi connectivity index (χ3v) is 4.84. The number of piperazine rings is 1. The number of amides is 1. The fourth-order valence-electron chi connectivity index (χ4n) is 2.63. The molecule has 0 aliphatic carbocycles. The summed E-state index contributed by atoms with van der Waals surface area (Å²) in [5, 5.41) is 0.579. The van der Waals surface area contributed by atoms with E-state index in [1.807, 2.05) is 0 Å². The number of thiazole rings is 1. The molecular weight excluding hydrogens is 315 g/mol. The summed E-state index contributed by atoms with van der Waals surface area (Å²) >= 11 is 1.49. The minimum absolute atomic E-state index is 0.106. The Bertz CT molecular complexity index is 710. The van der Waals surface area contributed by atoms with Crippen LogP contribution in [-0.2, 0) is 6.54 Å². The lowest BCUT2D eigenvalue weighted by Gasteiger charge is -2.34. The first-order valence-corrected chi connectivity index (χ1v) is 8.32. The molecule has 0 unspecified atom stereocenters. The van der Waals surface area contributed by atoms with Gasteiger partial charge >= 0.3 is 0 Å². The number of nitrogens with two attached hydrogens (primary N) is 1. The summed E-state index contributed by atoms with van der Waals surface area (Å²) in [5.74, 6) is -0.442. The Balaban J connectivity index is 1.57. The predicted octanol–water partition coefficient (Wildman–Crippen LogP) is 2.13. The summed E-state index contributed by atoms with van der Waals surface area (Å²) in [7, 11) is 0. The van der Waals surface area contributed by atoms with E-state index < -0.39 is 0 Å². The molecule has 1 saturated heterocycles. The van der Waals surface area contributed by atoms with Gasteiger partial charge in [-0.2, -0.15) is 0 Å². The Morgan fingerprint density at radius 3 is 2.70 bits per heavy atom. The molecule has 2 aromatic rings. The summed E-state index contributed by atoms with van der Waals surface area (Å²) in [6, 6.07) is 4.66. The van der Waals surface area contributed by atoms with E-state index in [2.05, 4.69) is 9.88 Å². The van der Waals surface area contributed by atoms with Gasteiger partial charge in [-0.15, -0.1) is 11.3 Å². The number of halogens is 1. The molecule has 5 nitrogen and oxygen atoms in total. The number of carbonyl (C=O) groups is 1. The average Bonchev–Trinajstić information content (AvgIpc) is 2.95. The van der Waals surface area contributed by atoms with Crippen LogP contribution in [0.15, 0.2) is 24.4 Å². The molecule has 1 aromatic heterocycles. The molecule has 3 rings (SSSR count).